The Hall–Kier alpha value is -10.0. The van der Waals surface area contributed by atoms with Crippen LogP contribution in [0.5, 0.6) is 11.5 Å². The molecule has 0 aliphatic carbocycles. The number of ether oxygens (including phenoxy) is 10. The number of nitrogens with one attached hydrogen (secondary N) is 6. The summed E-state index contributed by atoms with van der Waals surface area (Å²) in [6, 6.07) is 10.9. The smallest absolute Gasteiger partial charge is 0.335 e. The predicted molar refractivity (Wildman–Crippen MR) is 510 cm³/mol. The van der Waals surface area contributed by atoms with Crippen LogP contribution >= 0.6 is 0 Å². The van der Waals surface area contributed by atoms with Crippen molar-refractivity contribution in [3.8, 4) is 11.5 Å². The van der Waals surface area contributed by atoms with E-state index in [1.54, 1.807) is 44.3 Å². The van der Waals surface area contributed by atoms with Gasteiger partial charge in [-0.15, -0.1) is 0 Å². The number of aromatic carboxylic acids is 2. The number of aromatic nitrogens is 2. The minimum atomic E-state index is -1.14. The van der Waals surface area contributed by atoms with Crippen molar-refractivity contribution >= 4 is 93.8 Å². The first-order valence-corrected chi connectivity index (χ1v) is 49.1. The molecule has 38 heteroatoms. The van der Waals surface area contributed by atoms with Gasteiger partial charge in [0.15, 0.2) is 17.3 Å². The number of rotatable bonds is 95. The van der Waals surface area contributed by atoms with Crippen LogP contribution < -0.4 is 41.8 Å². The lowest BCUT2D eigenvalue weighted by atomic mass is 9.81. The number of nitrogens with zero attached hydrogens (tertiary/aromatic N) is 1. The molecule has 3 rings (SSSR count). The number of amides is 4. The second-order valence-electron chi connectivity index (χ2n) is 35.2. The second kappa shape index (κ2) is 77.8. The number of ketones is 8. The van der Waals surface area contributed by atoms with Gasteiger partial charge in [0.2, 0.25) is 23.6 Å². The number of benzene rings is 2. The number of hydrogen-bond acceptors (Lipinski definition) is 29. The average Bonchev–Trinajstić information content (AvgIpc) is 1.07. The van der Waals surface area contributed by atoms with Crippen molar-refractivity contribution in [3.63, 3.8) is 0 Å². The maximum atomic E-state index is 14.1. The fourth-order valence-electron chi connectivity index (χ4n) is 14.5. The van der Waals surface area contributed by atoms with Crippen LogP contribution in [-0.4, -0.2) is 288 Å². The summed E-state index contributed by atoms with van der Waals surface area (Å²) in [6.45, 7) is 7.71. The summed E-state index contributed by atoms with van der Waals surface area (Å²) in [5, 5.41) is 51.5. The Balaban J connectivity index is 1.19. The summed E-state index contributed by atoms with van der Waals surface area (Å²) < 4.78 is 55.1. The number of unbranched alkanes of at least 4 members (excludes halogenated alkanes) is 16. The van der Waals surface area contributed by atoms with Crippen molar-refractivity contribution in [3.05, 3.63) is 77.9 Å². The van der Waals surface area contributed by atoms with Crippen LogP contribution in [0.4, 0.5) is 0 Å². The lowest BCUT2D eigenvalue weighted by molar-refractivity contribution is -0.144. The maximum absolute atomic E-state index is 14.1. The molecule has 0 radical (unpaired) electrons. The number of nitrogens with two attached hydrogens (primary N) is 1. The summed E-state index contributed by atoms with van der Waals surface area (Å²) in [5.41, 5.74) is 6.16. The average molecular weight is 1950 g/mol. The van der Waals surface area contributed by atoms with Gasteiger partial charge in [-0.2, -0.15) is 0 Å². The van der Waals surface area contributed by atoms with Gasteiger partial charge < -0.3 is 105 Å². The SMILES string of the molecule is CC(=O)C(CCCCNC(=O)COCCOCCNC(=O)COCCOCCCC(=O)CC[C@H](CC(=O)CCCCCCCCCCOc1ccc(C(=O)O)cc1)C(=O)O)CC(=O)[C@H](CCCCNC(=O)COCCOCCCC(=O)COCCOCCNC(=O)CC[C@H](CC(=O)CCCCCCCCCCOc1ccc(C(=O)O)cc1)C(=O)O)NCC(=O)C(C)(C)CC(=O)[C@@H](N)Cc1cnc[nH]1. The molecule has 776 valence electrons. The lowest BCUT2D eigenvalue weighted by Gasteiger charge is -2.26. The van der Waals surface area contributed by atoms with E-state index in [9.17, 15) is 86.9 Å². The molecule has 0 aliphatic heterocycles. The first-order chi connectivity index (χ1) is 66.4. The molecule has 1 aromatic heterocycles. The highest BCUT2D eigenvalue weighted by molar-refractivity contribution is 5.95. The van der Waals surface area contributed by atoms with Crippen molar-refractivity contribution in [2.45, 2.75) is 270 Å². The summed E-state index contributed by atoms with van der Waals surface area (Å²) in [6.07, 6.45) is 22.5. The Kier molecular flexibility index (Phi) is 68.8. The second-order valence-corrected chi connectivity index (χ2v) is 35.2. The number of H-pyrrole nitrogens is 1. The molecular weight excluding hydrogens is 1790 g/mol. The van der Waals surface area contributed by atoms with Crippen LogP contribution in [0.3, 0.4) is 0 Å². The van der Waals surface area contributed by atoms with E-state index < -0.39 is 59.1 Å². The third kappa shape index (κ3) is 64.3. The van der Waals surface area contributed by atoms with Crippen LogP contribution in [0.25, 0.3) is 0 Å². The fraction of sp³-hybridized carbons (Fsp3) is 0.690. The normalized spacial score (nSPS) is 12.5. The third-order valence-corrected chi connectivity index (χ3v) is 22.9. The van der Waals surface area contributed by atoms with Gasteiger partial charge in [0.1, 0.15) is 66.8 Å². The molecular formula is C100H156N8O30. The molecule has 2 aromatic carbocycles. The number of aromatic amines is 1. The van der Waals surface area contributed by atoms with Gasteiger partial charge in [-0.1, -0.05) is 97.3 Å². The molecule has 0 saturated heterocycles. The zero-order valence-corrected chi connectivity index (χ0v) is 81.5. The Labute approximate surface area is 811 Å². The number of carboxylic acids is 4. The molecule has 1 heterocycles. The van der Waals surface area contributed by atoms with E-state index in [1.807, 2.05) is 0 Å². The molecule has 0 fully saturated rings. The number of aliphatic carboxylic acids is 2. The summed E-state index contributed by atoms with van der Waals surface area (Å²) in [7, 11) is 0. The number of Topliss-reactive ketones (excluding diaryl/α,β-unsaturated/α-hetero) is 8. The summed E-state index contributed by atoms with van der Waals surface area (Å²) in [5.74, 6) is -8.50. The standard InChI is InChI=1S/C100H156N8O30/c1-74(109)77(26-18-20-44-103-93(118)71-136-61-57-132-53-47-106-95(120)72-135-60-54-129-48-24-29-81(110)38-32-78(98(125)126)62-82(111)27-16-12-8-4-6-10-14-22-50-137-85-39-33-75(34-40-85)96(121)122)64-89(114)88(107-68-91(116)100(2,3)66-90(115)87(101)65-80-67-102-73-108-80)31-19-21-45-104-94(119)70-134-59-55-130-49-25-30-84(113)69-133-58-56-131-52-46-105-92(117)43-37-79(99(127)128)63-83(112)28-17-13-9-5-7-11-15-23-51-138-86-41-35-76(36-42-86)97(123)124/h33-36,39-42,67,73,77-79,87-88,107H,4-32,37-38,43-66,68-72,101H2,1-3H3,(H,102,108)(H,103,118)(H,104,119)(H,105,117)(H,106,120)(H,121,122)(H,123,124)(H,125,126)(H,127,128)/t77?,78-,79-,87+,88+/m1/s1. The van der Waals surface area contributed by atoms with E-state index in [-0.39, 0.29) is 297 Å². The molecule has 38 nitrogen and oxygen atoms in total. The minimum Gasteiger partial charge on any atom is -0.494 e. The van der Waals surface area contributed by atoms with Gasteiger partial charge in [-0.25, -0.2) is 14.6 Å². The number of imidazole rings is 1. The largest absolute Gasteiger partial charge is 0.494 e. The molecule has 4 amide bonds. The number of carbonyl (C=O) groups excluding carboxylic acids is 12. The highest BCUT2D eigenvalue weighted by Gasteiger charge is 2.34. The number of carbonyl (C=O) groups is 16. The number of hydrogen-bond donors (Lipinski definition) is 11. The van der Waals surface area contributed by atoms with E-state index in [2.05, 4.69) is 36.6 Å². The van der Waals surface area contributed by atoms with Gasteiger partial charge in [0.05, 0.1) is 127 Å². The van der Waals surface area contributed by atoms with Crippen LogP contribution in [0.2, 0.25) is 0 Å². The highest BCUT2D eigenvalue weighted by atomic mass is 16.5. The Morgan fingerprint density at radius 1 is 0.377 bits per heavy atom. The van der Waals surface area contributed by atoms with E-state index in [1.165, 1.54) is 37.5 Å². The van der Waals surface area contributed by atoms with Crippen LogP contribution in [0.15, 0.2) is 61.1 Å². The lowest BCUT2D eigenvalue weighted by Crippen LogP contribution is -2.45. The molecule has 5 atom stereocenters. The van der Waals surface area contributed by atoms with Crippen LogP contribution in [0, 0.1) is 23.2 Å². The molecule has 12 N–H and O–H groups in total. The van der Waals surface area contributed by atoms with Crippen molar-refractivity contribution in [2.75, 3.05) is 152 Å². The predicted octanol–water partition coefficient (Wildman–Crippen LogP) is 10.0. The summed E-state index contributed by atoms with van der Waals surface area (Å²) >= 11 is 0. The molecule has 0 aliphatic rings. The van der Waals surface area contributed by atoms with Gasteiger partial charge in [-0.3, -0.25) is 67.1 Å². The Morgan fingerprint density at radius 2 is 0.775 bits per heavy atom. The summed E-state index contributed by atoms with van der Waals surface area (Å²) in [4.78, 5) is 207. The van der Waals surface area contributed by atoms with Gasteiger partial charge in [0.25, 0.3) is 0 Å². The van der Waals surface area contributed by atoms with Crippen molar-refractivity contribution in [1.29, 1.82) is 0 Å². The molecule has 0 spiro atoms. The van der Waals surface area contributed by atoms with E-state index in [0.29, 0.717) is 101 Å². The first kappa shape index (κ1) is 122. The molecule has 0 saturated carbocycles. The maximum Gasteiger partial charge on any atom is 0.335 e. The zero-order chi connectivity index (χ0) is 101. The van der Waals surface area contributed by atoms with E-state index in [4.69, 9.17) is 63.3 Å². The first-order valence-electron chi connectivity index (χ1n) is 49.1. The number of carboxylic acid groups (broad SMARTS) is 4. The monoisotopic (exact) mass is 1950 g/mol. The van der Waals surface area contributed by atoms with E-state index >= 15 is 0 Å². The van der Waals surface area contributed by atoms with Crippen molar-refractivity contribution in [1.82, 2.24) is 36.6 Å². The van der Waals surface area contributed by atoms with Crippen LogP contribution in [-0.2, 0) is 111 Å². The van der Waals surface area contributed by atoms with Gasteiger partial charge in [0, 0.05) is 133 Å². The topological polar surface area (TPSA) is 561 Å². The molecule has 3 aromatic rings. The quantitative estimate of drug-likeness (QED) is 0.0234. The molecule has 1 unspecified atom stereocenters. The van der Waals surface area contributed by atoms with E-state index in [0.717, 1.165) is 89.9 Å². The molecule has 138 heavy (non-hydrogen) atoms. The van der Waals surface area contributed by atoms with Crippen molar-refractivity contribution in [2.24, 2.45) is 28.9 Å². The fourth-order valence-corrected chi connectivity index (χ4v) is 14.5. The molecule has 0 bridgehead atoms. The third-order valence-electron chi connectivity index (χ3n) is 22.9. The van der Waals surface area contributed by atoms with Crippen molar-refractivity contribution < 1.29 is 145 Å². The Bertz CT molecular complexity index is 4000. The van der Waals surface area contributed by atoms with Crippen LogP contribution in [0.1, 0.15) is 278 Å². The Morgan fingerprint density at radius 3 is 1.22 bits per heavy atom. The van der Waals surface area contributed by atoms with Gasteiger partial charge >= 0.3 is 23.9 Å². The highest BCUT2D eigenvalue weighted by Crippen LogP contribution is 2.26. The zero-order valence-electron chi connectivity index (χ0n) is 81.5. The van der Waals surface area contributed by atoms with Gasteiger partial charge in [-0.05, 0) is 139 Å². The minimum absolute atomic E-state index is 0.0306.